The van der Waals surface area contributed by atoms with Gasteiger partial charge in [-0.15, -0.1) is 0 Å². The third kappa shape index (κ3) is 22.7. The molecule has 0 aromatic rings. The molecule has 7 amide bonds. The lowest BCUT2D eigenvalue weighted by molar-refractivity contribution is -0.142. The number of hydrogen-bond donors (Lipinski definition) is 14. The van der Waals surface area contributed by atoms with Crippen LogP contribution in [0.1, 0.15) is 64.2 Å². The Kier molecular flexibility index (Phi) is 25.3. The van der Waals surface area contributed by atoms with Crippen molar-refractivity contribution in [1.29, 1.82) is 0 Å². The molecule has 0 saturated carbocycles. The number of primary amides is 2. The first-order chi connectivity index (χ1) is 26.3. The predicted molar refractivity (Wildman–Crippen MR) is 209 cm³/mol. The van der Waals surface area contributed by atoms with Gasteiger partial charge in [0, 0.05) is 13.1 Å². The summed E-state index contributed by atoms with van der Waals surface area (Å²) in [5.41, 5.74) is 43.6. The van der Waals surface area contributed by atoms with Crippen LogP contribution in [0.2, 0.25) is 0 Å². The second kappa shape index (κ2) is 28.0. The molecule has 318 valence electrons. The van der Waals surface area contributed by atoms with E-state index in [2.05, 4.69) is 36.6 Å². The summed E-state index contributed by atoms with van der Waals surface area (Å²) in [6.07, 6.45) is 1.56. The molecule has 6 atom stereocenters. The van der Waals surface area contributed by atoms with Gasteiger partial charge in [-0.05, 0) is 69.9 Å². The van der Waals surface area contributed by atoms with E-state index in [0.717, 1.165) is 0 Å². The van der Waals surface area contributed by atoms with E-state index in [0.29, 0.717) is 31.6 Å². The molecule has 0 aromatic heterocycles. The summed E-state index contributed by atoms with van der Waals surface area (Å²) in [5, 5.41) is 21.5. The van der Waals surface area contributed by atoms with E-state index >= 15 is 0 Å². The number of carboxylic acids is 1. The van der Waals surface area contributed by atoms with Gasteiger partial charge in [-0.25, -0.2) is 4.79 Å². The van der Waals surface area contributed by atoms with Gasteiger partial charge in [0.15, 0.2) is 11.9 Å². The number of rotatable bonds is 30. The van der Waals surface area contributed by atoms with Crippen LogP contribution in [0.4, 0.5) is 0 Å². The van der Waals surface area contributed by atoms with Crippen molar-refractivity contribution in [1.82, 2.24) is 26.6 Å². The number of aliphatic imine (C=N–C) groups is 2. The number of hydrogen-bond acceptors (Lipinski definition) is 13. The third-order valence-corrected chi connectivity index (χ3v) is 8.41. The molecule has 0 spiro atoms. The number of nitrogens with two attached hydrogens (primary N) is 8. The van der Waals surface area contributed by atoms with Crippen LogP contribution in [0.5, 0.6) is 0 Å². The molecule has 0 radical (unpaired) electrons. The molecule has 24 nitrogen and oxygen atoms in total. The molecule has 0 saturated heterocycles. The van der Waals surface area contributed by atoms with Crippen LogP contribution < -0.4 is 72.5 Å². The number of guanidine groups is 2. The highest BCUT2D eigenvalue weighted by Crippen LogP contribution is 2.08. The fraction of sp³-hybridized carbons (Fsp3) is 0.677. The van der Waals surface area contributed by atoms with Crippen molar-refractivity contribution < 1.29 is 43.5 Å². The Morgan fingerprint density at radius 2 is 0.929 bits per heavy atom. The van der Waals surface area contributed by atoms with E-state index < -0.39 is 96.4 Å². The molecule has 0 aliphatic rings. The molecule has 0 aliphatic heterocycles. The zero-order valence-electron chi connectivity index (χ0n) is 31.5. The first kappa shape index (κ1) is 50.6. The highest BCUT2D eigenvalue weighted by Gasteiger charge is 2.34. The normalized spacial score (nSPS) is 13.9. The average molecular weight is 818 g/mol. The number of carbonyl (C=O) groups is 8. The van der Waals surface area contributed by atoms with Gasteiger partial charge in [-0.1, -0.05) is 0 Å². The summed E-state index contributed by atoms with van der Waals surface area (Å²) in [5.74, 6) is -8.05. The topological polar surface area (TPSA) is 450 Å². The van der Waals surface area contributed by atoms with Gasteiger partial charge in [0.05, 0.1) is 18.9 Å². The maximum absolute atomic E-state index is 13.6. The second-order valence-electron chi connectivity index (χ2n) is 12.6. The van der Waals surface area contributed by atoms with E-state index in [1.807, 2.05) is 6.26 Å². The fourth-order valence-electron chi connectivity index (χ4n) is 4.86. The van der Waals surface area contributed by atoms with Crippen molar-refractivity contribution in [3.63, 3.8) is 0 Å². The number of unbranched alkanes of at least 4 members (excludes halogenated alkanes) is 1. The lowest BCUT2D eigenvalue weighted by Crippen LogP contribution is -2.60. The highest BCUT2D eigenvalue weighted by atomic mass is 32.2. The Morgan fingerprint density at radius 1 is 0.554 bits per heavy atom. The van der Waals surface area contributed by atoms with Gasteiger partial charge < -0.3 is 77.6 Å². The molecular formula is C31H59N15O9S. The number of carbonyl (C=O) groups excluding carboxylic acids is 7. The van der Waals surface area contributed by atoms with Gasteiger partial charge in [-0.3, -0.25) is 43.5 Å². The number of amides is 7. The maximum Gasteiger partial charge on any atom is 0.326 e. The summed E-state index contributed by atoms with van der Waals surface area (Å²) in [7, 11) is 0. The number of carboxylic acid groups (broad SMARTS) is 1. The van der Waals surface area contributed by atoms with Crippen molar-refractivity contribution >= 4 is 71.0 Å². The van der Waals surface area contributed by atoms with Crippen molar-refractivity contribution in [2.75, 3.05) is 31.6 Å². The Bertz CT molecular complexity index is 1390. The SMILES string of the molecule is CSCCC(N)C(=O)NC(CCCCN)C(=O)NC(CC(N)=O)C(=O)NC(CCCN=C(N)N)C(=O)NC(CC(N)=O)C(=O)NC(CCCN=C(N)N)C(=O)O. The number of nitrogens with zero attached hydrogens (tertiary/aromatic N) is 2. The lowest BCUT2D eigenvalue weighted by Gasteiger charge is -2.26. The molecule has 0 fully saturated rings. The minimum atomic E-state index is -1.71. The molecule has 0 aromatic carbocycles. The maximum atomic E-state index is 13.6. The summed E-state index contributed by atoms with van der Waals surface area (Å²) < 4.78 is 0. The van der Waals surface area contributed by atoms with Crippen LogP contribution in [0.3, 0.4) is 0 Å². The Labute approximate surface area is 328 Å². The molecule has 0 heterocycles. The van der Waals surface area contributed by atoms with Gasteiger partial charge in [0.2, 0.25) is 41.4 Å². The Hall–Kier alpha value is -5.43. The number of nitrogens with one attached hydrogen (secondary N) is 5. The Morgan fingerprint density at radius 3 is 1.32 bits per heavy atom. The third-order valence-electron chi connectivity index (χ3n) is 7.76. The summed E-state index contributed by atoms with van der Waals surface area (Å²) in [4.78, 5) is 110. The van der Waals surface area contributed by atoms with E-state index in [4.69, 9.17) is 45.9 Å². The zero-order chi connectivity index (χ0) is 42.8. The molecule has 0 bridgehead atoms. The van der Waals surface area contributed by atoms with Crippen LogP contribution in [0.15, 0.2) is 9.98 Å². The summed E-state index contributed by atoms with van der Waals surface area (Å²) >= 11 is 1.48. The van der Waals surface area contributed by atoms with Crippen LogP contribution in [-0.2, 0) is 38.4 Å². The smallest absolute Gasteiger partial charge is 0.326 e. The van der Waals surface area contributed by atoms with Crippen molar-refractivity contribution in [3.8, 4) is 0 Å². The molecule has 25 heteroatoms. The molecule has 56 heavy (non-hydrogen) atoms. The zero-order valence-corrected chi connectivity index (χ0v) is 32.3. The van der Waals surface area contributed by atoms with Crippen LogP contribution in [0.25, 0.3) is 0 Å². The molecule has 0 rings (SSSR count). The molecule has 0 aliphatic carbocycles. The van der Waals surface area contributed by atoms with Gasteiger partial charge in [-0.2, -0.15) is 11.8 Å². The van der Waals surface area contributed by atoms with E-state index in [-0.39, 0.29) is 57.1 Å². The quantitative estimate of drug-likeness (QED) is 0.0182. The molecule has 22 N–H and O–H groups in total. The van der Waals surface area contributed by atoms with Crippen LogP contribution in [0, 0.1) is 0 Å². The van der Waals surface area contributed by atoms with Crippen molar-refractivity contribution in [3.05, 3.63) is 0 Å². The van der Waals surface area contributed by atoms with E-state index in [9.17, 15) is 43.5 Å². The van der Waals surface area contributed by atoms with Crippen LogP contribution >= 0.6 is 11.8 Å². The summed E-state index contributed by atoms with van der Waals surface area (Å²) in [6, 6.07) is -8.49. The number of thioether (sulfide) groups is 1. The fourth-order valence-corrected chi connectivity index (χ4v) is 5.35. The minimum absolute atomic E-state index is 0.0158. The van der Waals surface area contributed by atoms with Gasteiger partial charge >= 0.3 is 5.97 Å². The monoisotopic (exact) mass is 817 g/mol. The number of aliphatic carboxylic acids is 1. The van der Waals surface area contributed by atoms with E-state index in [1.165, 1.54) is 11.8 Å². The predicted octanol–water partition coefficient (Wildman–Crippen LogP) is -6.44. The van der Waals surface area contributed by atoms with Crippen molar-refractivity contribution in [2.45, 2.75) is 100 Å². The highest BCUT2D eigenvalue weighted by molar-refractivity contribution is 7.98. The molecular weight excluding hydrogens is 759 g/mol. The van der Waals surface area contributed by atoms with Gasteiger partial charge in [0.1, 0.15) is 30.2 Å². The summed E-state index contributed by atoms with van der Waals surface area (Å²) in [6.45, 7) is 0.341. The van der Waals surface area contributed by atoms with Crippen molar-refractivity contribution in [2.24, 2.45) is 55.9 Å². The largest absolute Gasteiger partial charge is 0.480 e. The standard InChI is InChI=1S/C31H59N15O9S/c1-56-13-9-16(33)24(49)42-17(6-2-3-10-32)25(50)45-20(14-22(34)47)27(52)43-18(7-4-11-40-30(36)37)26(51)46-21(15-23(35)48)28(53)44-19(29(54)55)8-5-12-41-31(38)39/h16-21H,2-15,32-33H2,1H3,(H2,34,47)(H2,35,48)(H,42,49)(H,43,52)(H,44,53)(H,45,50)(H,46,51)(H,54,55)(H4,36,37,40)(H4,38,39,41). The first-order valence-electron chi connectivity index (χ1n) is 17.7. The molecule has 6 unspecified atom stereocenters. The second-order valence-corrected chi connectivity index (χ2v) is 13.5. The Balaban J connectivity index is 6.34. The van der Waals surface area contributed by atoms with Crippen LogP contribution in [-0.4, -0.2) is 132 Å². The first-order valence-corrected chi connectivity index (χ1v) is 19.1. The minimum Gasteiger partial charge on any atom is -0.480 e. The van der Waals surface area contributed by atoms with Gasteiger partial charge in [0.25, 0.3) is 0 Å². The average Bonchev–Trinajstić information content (AvgIpc) is 3.10. The lowest BCUT2D eigenvalue weighted by atomic mass is 10.0. The van der Waals surface area contributed by atoms with E-state index in [1.54, 1.807) is 0 Å².